The zero-order valence-electron chi connectivity index (χ0n) is 10.5. The Morgan fingerprint density at radius 2 is 2.11 bits per heavy atom. The average Bonchev–Trinajstić information content (AvgIpc) is 2.85. The second kappa shape index (κ2) is 4.94. The number of rotatable bonds is 3. The van der Waals surface area contributed by atoms with E-state index in [1.165, 1.54) is 6.42 Å². The third-order valence-corrected chi connectivity index (χ3v) is 3.80. The molecule has 1 fully saturated rings. The largest absolute Gasteiger partial charge is 0.388 e. The zero-order valence-corrected chi connectivity index (χ0v) is 11.2. The van der Waals surface area contributed by atoms with Crippen molar-refractivity contribution in [3.05, 3.63) is 11.6 Å². The molecule has 0 amide bonds. The summed E-state index contributed by atoms with van der Waals surface area (Å²) in [7, 11) is 0. The van der Waals surface area contributed by atoms with E-state index < -0.39 is 5.60 Å². The van der Waals surface area contributed by atoms with Gasteiger partial charge in [-0.25, -0.2) is 4.98 Å². The monoisotopic (exact) mass is 281 g/mol. The van der Waals surface area contributed by atoms with Gasteiger partial charge in [0, 0.05) is 6.54 Å². The lowest BCUT2D eigenvalue weighted by Gasteiger charge is -2.32. The molecule has 2 heterocycles. The van der Waals surface area contributed by atoms with E-state index in [0.717, 1.165) is 25.7 Å². The molecule has 0 aliphatic heterocycles. The number of aromatic amines is 1. The molecule has 0 aromatic carbocycles. The van der Waals surface area contributed by atoms with Crippen LogP contribution in [0.3, 0.4) is 0 Å². The summed E-state index contributed by atoms with van der Waals surface area (Å²) in [6.07, 6.45) is 6.54. The summed E-state index contributed by atoms with van der Waals surface area (Å²) in [4.78, 5) is 15.2. The lowest BCUT2D eigenvalue weighted by atomic mass is 9.85. The Kier molecular flexibility index (Phi) is 3.28. The Balaban J connectivity index is 1.79. The van der Waals surface area contributed by atoms with E-state index >= 15 is 0 Å². The van der Waals surface area contributed by atoms with Crippen molar-refractivity contribution in [1.82, 2.24) is 19.9 Å². The van der Waals surface area contributed by atoms with E-state index in [9.17, 15) is 5.11 Å². The van der Waals surface area contributed by atoms with Gasteiger partial charge in [0.2, 0.25) is 5.28 Å². The van der Waals surface area contributed by atoms with Crippen molar-refractivity contribution in [3.8, 4) is 0 Å². The number of hydrogen-bond donors (Lipinski definition) is 3. The molecule has 7 heteroatoms. The van der Waals surface area contributed by atoms with Crippen molar-refractivity contribution in [1.29, 1.82) is 0 Å². The van der Waals surface area contributed by atoms with Crippen molar-refractivity contribution in [2.75, 3.05) is 11.9 Å². The predicted octanol–water partition coefficient (Wildman–Crippen LogP) is 2.11. The highest BCUT2D eigenvalue weighted by Gasteiger charge is 2.29. The maximum atomic E-state index is 10.5. The molecule has 6 nitrogen and oxygen atoms in total. The van der Waals surface area contributed by atoms with Crippen LogP contribution in [-0.2, 0) is 0 Å². The minimum atomic E-state index is -0.651. The van der Waals surface area contributed by atoms with Crippen LogP contribution in [0.1, 0.15) is 32.1 Å². The van der Waals surface area contributed by atoms with Gasteiger partial charge in [0.25, 0.3) is 0 Å². The molecule has 0 saturated heterocycles. The molecule has 19 heavy (non-hydrogen) atoms. The first-order valence-electron chi connectivity index (χ1n) is 6.49. The number of nitrogens with zero attached hydrogens (tertiary/aromatic N) is 3. The second-order valence-corrected chi connectivity index (χ2v) is 5.42. The summed E-state index contributed by atoms with van der Waals surface area (Å²) < 4.78 is 0. The third-order valence-electron chi connectivity index (χ3n) is 3.63. The van der Waals surface area contributed by atoms with Crippen LogP contribution in [0.25, 0.3) is 11.2 Å². The fourth-order valence-electron chi connectivity index (χ4n) is 2.57. The van der Waals surface area contributed by atoms with E-state index in [1.807, 2.05) is 0 Å². The lowest BCUT2D eigenvalue weighted by molar-refractivity contribution is 0.0167. The fraction of sp³-hybridized carbons (Fsp3) is 0.583. The van der Waals surface area contributed by atoms with Gasteiger partial charge in [0.15, 0.2) is 11.5 Å². The van der Waals surface area contributed by atoms with Gasteiger partial charge in [-0.15, -0.1) is 0 Å². The third kappa shape index (κ3) is 2.64. The molecular weight excluding hydrogens is 266 g/mol. The highest BCUT2D eigenvalue weighted by Crippen LogP contribution is 2.29. The van der Waals surface area contributed by atoms with Gasteiger partial charge >= 0.3 is 0 Å². The van der Waals surface area contributed by atoms with Gasteiger partial charge in [0.1, 0.15) is 5.52 Å². The fourth-order valence-corrected chi connectivity index (χ4v) is 2.73. The van der Waals surface area contributed by atoms with Gasteiger partial charge in [-0.3, -0.25) is 0 Å². The highest BCUT2D eigenvalue weighted by atomic mass is 35.5. The first-order valence-corrected chi connectivity index (χ1v) is 6.87. The summed E-state index contributed by atoms with van der Waals surface area (Å²) in [5.74, 6) is 0.589. The molecule has 1 aliphatic carbocycles. The van der Waals surface area contributed by atoms with Crippen molar-refractivity contribution in [3.63, 3.8) is 0 Å². The first kappa shape index (κ1) is 12.6. The molecule has 3 N–H and O–H groups in total. The summed E-state index contributed by atoms with van der Waals surface area (Å²) >= 11 is 5.86. The van der Waals surface area contributed by atoms with Crippen molar-refractivity contribution in [2.45, 2.75) is 37.7 Å². The number of anilines is 1. The molecule has 0 unspecified atom stereocenters. The quantitative estimate of drug-likeness (QED) is 0.750. The number of halogens is 1. The van der Waals surface area contributed by atoms with Gasteiger partial charge in [0.05, 0.1) is 11.9 Å². The van der Waals surface area contributed by atoms with Crippen LogP contribution in [0.2, 0.25) is 5.28 Å². The molecular formula is C12H16ClN5O. The Hall–Kier alpha value is -1.40. The molecule has 1 aliphatic rings. The predicted molar refractivity (Wildman–Crippen MR) is 73.2 cm³/mol. The summed E-state index contributed by atoms with van der Waals surface area (Å²) in [5.41, 5.74) is 0.587. The van der Waals surface area contributed by atoms with E-state index in [-0.39, 0.29) is 5.28 Å². The molecule has 0 radical (unpaired) electrons. The molecule has 0 bridgehead atoms. The zero-order chi connectivity index (χ0) is 13.3. The van der Waals surface area contributed by atoms with E-state index in [1.54, 1.807) is 6.33 Å². The summed E-state index contributed by atoms with van der Waals surface area (Å²) in [5, 5.41) is 13.8. The normalized spacial score (nSPS) is 18.6. The molecule has 0 atom stereocenters. The minimum absolute atomic E-state index is 0.151. The number of aliphatic hydroxyl groups is 1. The number of hydrogen-bond acceptors (Lipinski definition) is 5. The number of aromatic nitrogens is 4. The molecule has 1 saturated carbocycles. The Bertz CT molecular complexity index is 579. The average molecular weight is 282 g/mol. The highest BCUT2D eigenvalue weighted by molar-refractivity contribution is 6.28. The van der Waals surface area contributed by atoms with Gasteiger partial charge in [-0.05, 0) is 24.4 Å². The van der Waals surface area contributed by atoms with Crippen molar-refractivity contribution in [2.24, 2.45) is 0 Å². The van der Waals surface area contributed by atoms with E-state index in [2.05, 4.69) is 25.3 Å². The Labute approximate surface area is 115 Å². The molecule has 3 rings (SSSR count). The van der Waals surface area contributed by atoms with Crippen LogP contribution in [0.15, 0.2) is 6.33 Å². The van der Waals surface area contributed by atoms with Crippen LogP contribution in [0, 0.1) is 0 Å². The van der Waals surface area contributed by atoms with Crippen molar-refractivity contribution >= 4 is 28.6 Å². The van der Waals surface area contributed by atoms with E-state index in [4.69, 9.17) is 11.6 Å². The van der Waals surface area contributed by atoms with Crippen molar-refractivity contribution < 1.29 is 5.11 Å². The molecule has 102 valence electrons. The summed E-state index contributed by atoms with van der Waals surface area (Å²) in [6, 6.07) is 0. The first-order chi connectivity index (χ1) is 9.16. The smallest absolute Gasteiger partial charge is 0.226 e. The minimum Gasteiger partial charge on any atom is -0.388 e. The van der Waals surface area contributed by atoms with Crippen LogP contribution >= 0.6 is 11.6 Å². The number of nitrogens with one attached hydrogen (secondary N) is 2. The maximum absolute atomic E-state index is 10.5. The summed E-state index contributed by atoms with van der Waals surface area (Å²) in [6.45, 7) is 0.467. The Morgan fingerprint density at radius 3 is 2.89 bits per heavy atom. The van der Waals surface area contributed by atoms with Crippen LogP contribution in [0.4, 0.5) is 5.82 Å². The van der Waals surface area contributed by atoms with Crippen LogP contribution in [-0.4, -0.2) is 37.2 Å². The Morgan fingerprint density at radius 1 is 1.32 bits per heavy atom. The van der Waals surface area contributed by atoms with Gasteiger partial charge < -0.3 is 15.4 Å². The second-order valence-electron chi connectivity index (χ2n) is 5.08. The molecule has 2 aromatic rings. The standard InChI is InChI=1S/C12H16ClN5O/c13-11-17-9(8-10(18-11)16-7-15-8)14-6-12(19)4-2-1-3-5-12/h7,19H,1-6H2,(H2,14,15,16,17,18). The lowest BCUT2D eigenvalue weighted by Crippen LogP contribution is -2.39. The van der Waals surface area contributed by atoms with Gasteiger partial charge in [-0.1, -0.05) is 19.3 Å². The van der Waals surface area contributed by atoms with Crippen LogP contribution < -0.4 is 5.32 Å². The molecule has 0 spiro atoms. The van der Waals surface area contributed by atoms with Crippen LogP contribution in [0.5, 0.6) is 0 Å². The number of imidazole rings is 1. The van der Waals surface area contributed by atoms with Gasteiger partial charge in [-0.2, -0.15) is 9.97 Å². The SMILES string of the molecule is OC1(CNc2nc(Cl)nc3nc[nH]c23)CCCCC1. The molecule has 2 aromatic heterocycles. The topological polar surface area (TPSA) is 86.7 Å². The maximum Gasteiger partial charge on any atom is 0.226 e. The van der Waals surface area contributed by atoms with E-state index in [0.29, 0.717) is 23.5 Å². The number of H-pyrrole nitrogens is 1. The number of fused-ring (bicyclic) bond motifs is 1.